The molecule has 0 saturated carbocycles. The summed E-state index contributed by atoms with van der Waals surface area (Å²) in [5.74, 6) is 1.80. The molecular weight excluding hydrogens is 390 g/mol. The zero-order chi connectivity index (χ0) is 19.5. The zero-order valence-corrected chi connectivity index (χ0v) is 17.9. The number of hydrogen-bond donors (Lipinski definition) is 2. The molecule has 0 spiro atoms. The highest BCUT2D eigenvalue weighted by Crippen LogP contribution is 2.39. The van der Waals surface area contributed by atoms with E-state index in [1.807, 2.05) is 17.0 Å². The van der Waals surface area contributed by atoms with Crippen molar-refractivity contribution in [3.8, 4) is 5.75 Å². The Balaban J connectivity index is 0.00000240. The Kier molecular flexibility index (Phi) is 7.41. The van der Waals surface area contributed by atoms with Gasteiger partial charge in [0.05, 0.1) is 7.11 Å². The number of aryl methyl sites for hydroxylation is 1. The number of nitrogens with one attached hydrogen (secondary N) is 2. The van der Waals surface area contributed by atoms with Crippen LogP contribution in [0.4, 0.5) is 0 Å². The third-order valence-corrected chi connectivity index (χ3v) is 6.61. The number of fused-ring (bicyclic) bond motifs is 4. The molecule has 2 N–H and O–H groups in total. The predicted molar refractivity (Wildman–Crippen MR) is 114 cm³/mol. The number of amides is 2. The van der Waals surface area contributed by atoms with Crippen LogP contribution < -0.4 is 15.4 Å². The molecule has 160 valence electrons. The molecule has 1 aromatic rings. The van der Waals surface area contributed by atoms with Crippen molar-refractivity contribution in [2.24, 2.45) is 11.8 Å². The van der Waals surface area contributed by atoms with Crippen molar-refractivity contribution < 1.29 is 14.3 Å². The first-order chi connectivity index (χ1) is 13.7. The van der Waals surface area contributed by atoms with Gasteiger partial charge in [-0.25, -0.2) is 0 Å². The van der Waals surface area contributed by atoms with E-state index in [2.05, 4.69) is 22.8 Å². The highest BCUT2D eigenvalue weighted by Gasteiger charge is 2.50. The predicted octanol–water partition coefficient (Wildman–Crippen LogP) is 2.15. The fourth-order valence-electron chi connectivity index (χ4n) is 5.25. The molecule has 4 atom stereocenters. The molecule has 0 radical (unpaired) electrons. The first kappa shape index (κ1) is 21.9. The van der Waals surface area contributed by atoms with E-state index in [1.54, 1.807) is 7.11 Å². The number of nitrogens with zero attached hydrogens (tertiary/aromatic N) is 1. The Morgan fingerprint density at radius 1 is 1.24 bits per heavy atom. The summed E-state index contributed by atoms with van der Waals surface area (Å²) in [5, 5.41) is 6.61. The summed E-state index contributed by atoms with van der Waals surface area (Å²) in [4.78, 5) is 27.7. The molecule has 3 heterocycles. The summed E-state index contributed by atoms with van der Waals surface area (Å²) < 4.78 is 5.18. The van der Waals surface area contributed by atoms with Crippen LogP contribution in [0.25, 0.3) is 0 Å². The van der Waals surface area contributed by atoms with Crippen LogP contribution in [0, 0.1) is 11.8 Å². The number of piperidine rings is 3. The van der Waals surface area contributed by atoms with Crippen LogP contribution in [-0.2, 0) is 16.0 Å². The second-order valence-corrected chi connectivity index (χ2v) is 8.36. The van der Waals surface area contributed by atoms with Gasteiger partial charge in [-0.1, -0.05) is 12.1 Å². The first-order valence-corrected chi connectivity index (χ1v) is 10.6. The SMILES string of the molecule is COc1ccc(CCCNC(=O)[C@H]2[C@@H]3CNC[C@@H](C3)[C@@H]3CCCC(=O)N32)cc1.Cl. The summed E-state index contributed by atoms with van der Waals surface area (Å²) in [7, 11) is 1.66. The lowest BCUT2D eigenvalue weighted by Gasteiger charge is -2.53. The van der Waals surface area contributed by atoms with Crippen LogP contribution in [0.2, 0.25) is 0 Å². The molecule has 2 bridgehead atoms. The third kappa shape index (κ3) is 4.69. The van der Waals surface area contributed by atoms with E-state index < -0.39 is 0 Å². The van der Waals surface area contributed by atoms with Gasteiger partial charge in [-0.05, 0) is 62.3 Å². The van der Waals surface area contributed by atoms with Crippen LogP contribution in [0.3, 0.4) is 0 Å². The molecule has 29 heavy (non-hydrogen) atoms. The number of benzene rings is 1. The molecule has 2 amide bonds. The van der Waals surface area contributed by atoms with E-state index in [0.29, 0.717) is 18.9 Å². The average Bonchev–Trinajstić information content (AvgIpc) is 2.73. The number of rotatable bonds is 6. The van der Waals surface area contributed by atoms with Gasteiger partial charge in [-0.3, -0.25) is 9.59 Å². The van der Waals surface area contributed by atoms with E-state index in [4.69, 9.17) is 4.74 Å². The number of ether oxygens (including phenoxy) is 1. The topological polar surface area (TPSA) is 70.7 Å². The van der Waals surface area contributed by atoms with Crippen molar-refractivity contribution in [3.05, 3.63) is 29.8 Å². The maximum Gasteiger partial charge on any atom is 0.243 e. The molecule has 1 aromatic carbocycles. The van der Waals surface area contributed by atoms with Crippen molar-refractivity contribution in [1.82, 2.24) is 15.5 Å². The smallest absolute Gasteiger partial charge is 0.243 e. The Bertz CT molecular complexity index is 712. The first-order valence-electron chi connectivity index (χ1n) is 10.6. The third-order valence-electron chi connectivity index (χ3n) is 6.61. The Labute approximate surface area is 179 Å². The largest absolute Gasteiger partial charge is 0.497 e. The molecule has 0 aromatic heterocycles. The van der Waals surface area contributed by atoms with Crippen molar-refractivity contribution in [2.75, 3.05) is 26.7 Å². The van der Waals surface area contributed by atoms with Gasteiger partial charge in [-0.2, -0.15) is 0 Å². The maximum absolute atomic E-state index is 13.0. The van der Waals surface area contributed by atoms with Gasteiger partial charge in [0.1, 0.15) is 11.8 Å². The van der Waals surface area contributed by atoms with Gasteiger partial charge in [0, 0.05) is 31.5 Å². The quantitative estimate of drug-likeness (QED) is 0.690. The summed E-state index contributed by atoms with van der Waals surface area (Å²) in [5.41, 5.74) is 1.23. The van der Waals surface area contributed by atoms with Crippen LogP contribution in [-0.4, -0.2) is 55.5 Å². The molecular formula is C22H32ClN3O3. The van der Waals surface area contributed by atoms with Crippen molar-refractivity contribution in [2.45, 2.75) is 50.6 Å². The number of hydrogen-bond acceptors (Lipinski definition) is 4. The minimum atomic E-state index is -0.303. The zero-order valence-electron chi connectivity index (χ0n) is 17.1. The number of carbonyl (C=O) groups is 2. The lowest BCUT2D eigenvalue weighted by Crippen LogP contribution is -2.68. The maximum atomic E-state index is 13.0. The molecule has 4 rings (SSSR count). The highest BCUT2D eigenvalue weighted by molar-refractivity contribution is 5.89. The number of carbonyl (C=O) groups excluding carboxylic acids is 2. The van der Waals surface area contributed by atoms with Crippen molar-refractivity contribution in [1.29, 1.82) is 0 Å². The lowest BCUT2D eigenvalue weighted by atomic mass is 9.72. The Morgan fingerprint density at radius 2 is 2.00 bits per heavy atom. The van der Waals surface area contributed by atoms with E-state index >= 15 is 0 Å². The van der Waals surface area contributed by atoms with Crippen molar-refractivity contribution >= 4 is 24.2 Å². The Hall–Kier alpha value is -1.79. The summed E-state index contributed by atoms with van der Waals surface area (Å²) in [6, 6.07) is 7.98. The van der Waals surface area contributed by atoms with Gasteiger partial charge in [-0.15, -0.1) is 12.4 Å². The minimum absolute atomic E-state index is 0. The second kappa shape index (κ2) is 9.81. The monoisotopic (exact) mass is 421 g/mol. The number of halogens is 1. The molecule has 0 aliphatic carbocycles. The van der Waals surface area contributed by atoms with Gasteiger partial charge < -0.3 is 20.3 Å². The average molecular weight is 422 g/mol. The molecule has 0 unspecified atom stereocenters. The fourth-order valence-corrected chi connectivity index (χ4v) is 5.25. The van der Waals surface area contributed by atoms with Crippen LogP contribution in [0.15, 0.2) is 24.3 Å². The van der Waals surface area contributed by atoms with Crippen LogP contribution in [0.1, 0.15) is 37.7 Å². The molecule has 3 saturated heterocycles. The molecule has 7 heteroatoms. The molecule has 3 aliphatic rings. The summed E-state index contributed by atoms with van der Waals surface area (Å²) in [6.07, 6.45) is 5.43. The summed E-state index contributed by atoms with van der Waals surface area (Å²) >= 11 is 0. The van der Waals surface area contributed by atoms with Gasteiger partial charge in [0.15, 0.2) is 0 Å². The standard InChI is InChI=1S/C22H31N3O3.ClH/c1-28-18-9-7-15(8-10-18)4-3-11-24-22(27)21-17-12-16(13-23-14-17)19-5-2-6-20(26)25(19)21;/h7-10,16-17,19,21,23H,2-6,11-14H2,1H3,(H,24,27);1H/t16-,17+,19+,21-;/m1./s1. The second-order valence-electron chi connectivity index (χ2n) is 8.36. The summed E-state index contributed by atoms with van der Waals surface area (Å²) in [6.45, 7) is 2.44. The van der Waals surface area contributed by atoms with Crippen LogP contribution in [0.5, 0.6) is 5.75 Å². The lowest BCUT2D eigenvalue weighted by molar-refractivity contribution is -0.157. The van der Waals surface area contributed by atoms with E-state index in [-0.39, 0.29) is 42.2 Å². The highest BCUT2D eigenvalue weighted by atomic mass is 35.5. The minimum Gasteiger partial charge on any atom is -0.497 e. The molecule has 3 fully saturated rings. The van der Waals surface area contributed by atoms with Crippen molar-refractivity contribution in [3.63, 3.8) is 0 Å². The van der Waals surface area contributed by atoms with Gasteiger partial charge in [0.25, 0.3) is 0 Å². The van der Waals surface area contributed by atoms with Crippen LogP contribution >= 0.6 is 12.4 Å². The van der Waals surface area contributed by atoms with E-state index in [9.17, 15) is 9.59 Å². The van der Waals surface area contributed by atoms with E-state index in [0.717, 1.165) is 50.9 Å². The molecule has 6 nitrogen and oxygen atoms in total. The molecule has 3 aliphatic heterocycles. The van der Waals surface area contributed by atoms with Gasteiger partial charge in [0.2, 0.25) is 11.8 Å². The fraction of sp³-hybridized carbons (Fsp3) is 0.636. The van der Waals surface area contributed by atoms with E-state index in [1.165, 1.54) is 5.56 Å². The normalized spacial score (nSPS) is 28.2. The Morgan fingerprint density at radius 3 is 2.76 bits per heavy atom. The van der Waals surface area contributed by atoms with Gasteiger partial charge >= 0.3 is 0 Å². The number of methoxy groups -OCH3 is 1.